The maximum absolute atomic E-state index is 10.9. The fourth-order valence-electron chi connectivity index (χ4n) is 1.08. The number of nitrogens with zero attached hydrogens (tertiary/aromatic N) is 2. The number of aromatic amines is 1. The minimum Gasteiger partial charge on any atom is -0.425 e. The van der Waals surface area contributed by atoms with E-state index in [0.29, 0.717) is 4.73 Å². The van der Waals surface area contributed by atoms with Gasteiger partial charge in [0, 0.05) is 0 Å². The highest BCUT2D eigenvalue weighted by Gasteiger charge is 2.16. The van der Waals surface area contributed by atoms with E-state index in [-0.39, 0.29) is 21.7 Å². The van der Waals surface area contributed by atoms with Gasteiger partial charge < -0.3 is 10.2 Å². The van der Waals surface area contributed by atoms with Crippen molar-refractivity contribution < 1.29 is 5.21 Å². The van der Waals surface area contributed by atoms with E-state index in [1.165, 1.54) is 6.07 Å². The molecule has 0 spiro atoms. The third-order valence-corrected chi connectivity index (χ3v) is 2.49. The van der Waals surface area contributed by atoms with Crippen LogP contribution in [-0.2, 0) is 0 Å². The number of pyridine rings is 1. The van der Waals surface area contributed by atoms with Crippen LogP contribution in [0.5, 0.6) is 0 Å². The van der Waals surface area contributed by atoms with E-state index >= 15 is 0 Å². The summed E-state index contributed by atoms with van der Waals surface area (Å²) in [6, 6.07) is 1.29. The first-order chi connectivity index (χ1) is 7.00. The molecule has 6 nitrogen and oxygen atoms in total. The van der Waals surface area contributed by atoms with Gasteiger partial charge in [0.2, 0.25) is 0 Å². The Morgan fingerprint density at radius 3 is 2.73 bits per heavy atom. The second-order valence-corrected chi connectivity index (χ2v) is 3.47. The lowest BCUT2D eigenvalue weighted by Gasteiger charge is -2.10. The van der Waals surface area contributed by atoms with E-state index in [2.05, 4.69) is 9.97 Å². The molecule has 2 aliphatic heterocycles. The molecule has 2 N–H and O–H groups in total. The quantitative estimate of drug-likeness (QED) is 0.405. The molecule has 0 aromatic heterocycles. The summed E-state index contributed by atoms with van der Waals surface area (Å²) < 4.78 is 0.427. The van der Waals surface area contributed by atoms with Crippen molar-refractivity contribution in [2.24, 2.45) is 0 Å². The topological polar surface area (TPSA) is 88.0 Å². The van der Waals surface area contributed by atoms with Gasteiger partial charge >= 0.3 is 11.1 Å². The summed E-state index contributed by atoms with van der Waals surface area (Å²) in [5, 5.41) is 9.27. The van der Waals surface area contributed by atoms with Crippen LogP contribution in [0.2, 0.25) is 10.2 Å². The molecule has 0 bridgehead atoms. The van der Waals surface area contributed by atoms with Crippen molar-refractivity contribution in [1.82, 2.24) is 14.7 Å². The molecule has 0 unspecified atom stereocenters. The molecule has 2 heterocycles. The molecule has 0 saturated heterocycles. The number of halogens is 2. The maximum Gasteiger partial charge on any atom is 0.337 e. The van der Waals surface area contributed by atoms with Crippen molar-refractivity contribution in [3.05, 3.63) is 36.9 Å². The first-order valence-corrected chi connectivity index (χ1v) is 4.46. The summed E-state index contributed by atoms with van der Waals surface area (Å²) in [6.45, 7) is 0. The monoisotopic (exact) mass is 247 g/mol. The lowest BCUT2D eigenvalue weighted by atomic mass is 10.3. The Bertz CT molecular complexity index is 618. The van der Waals surface area contributed by atoms with Gasteiger partial charge in [-0.1, -0.05) is 23.2 Å². The molecule has 15 heavy (non-hydrogen) atoms. The molecular formula is C7H3Cl2N3O3. The Morgan fingerprint density at radius 2 is 2.07 bits per heavy atom. The van der Waals surface area contributed by atoms with Crippen LogP contribution in [0.25, 0.3) is 11.5 Å². The summed E-state index contributed by atoms with van der Waals surface area (Å²) in [6.07, 6.45) is 0. The fourth-order valence-corrected chi connectivity index (χ4v) is 1.41. The molecule has 0 amide bonds. The highest BCUT2D eigenvalue weighted by molar-refractivity contribution is 6.41. The van der Waals surface area contributed by atoms with E-state index in [9.17, 15) is 14.8 Å². The molecular weight excluding hydrogens is 245 g/mol. The summed E-state index contributed by atoms with van der Waals surface area (Å²) >= 11 is 11.2. The van der Waals surface area contributed by atoms with Crippen LogP contribution in [-0.4, -0.2) is 19.9 Å². The minimum absolute atomic E-state index is 0.0303. The number of aromatic nitrogens is 3. The van der Waals surface area contributed by atoms with Crippen LogP contribution in [0.3, 0.4) is 0 Å². The van der Waals surface area contributed by atoms with E-state index in [0.717, 1.165) is 0 Å². The van der Waals surface area contributed by atoms with E-state index < -0.39 is 11.1 Å². The van der Waals surface area contributed by atoms with Crippen molar-refractivity contribution in [1.29, 1.82) is 0 Å². The first kappa shape index (κ1) is 10.0. The van der Waals surface area contributed by atoms with E-state index in [1.807, 2.05) is 0 Å². The Labute approximate surface area is 92.0 Å². The highest BCUT2D eigenvalue weighted by atomic mass is 35.5. The summed E-state index contributed by atoms with van der Waals surface area (Å²) in [4.78, 5) is 27.4. The number of hydrogen-bond donors (Lipinski definition) is 2. The Kier molecular flexibility index (Phi) is 2.17. The van der Waals surface area contributed by atoms with Crippen LogP contribution in [0.15, 0.2) is 15.7 Å². The molecule has 8 heteroatoms. The van der Waals surface area contributed by atoms with Gasteiger partial charge in [-0.3, -0.25) is 9.59 Å². The summed E-state index contributed by atoms with van der Waals surface area (Å²) in [7, 11) is 0. The summed E-state index contributed by atoms with van der Waals surface area (Å²) in [5.41, 5.74) is -1.78. The van der Waals surface area contributed by atoms with Crippen molar-refractivity contribution in [2.75, 3.05) is 0 Å². The molecule has 2 rings (SSSR count). The molecule has 0 aromatic rings. The second kappa shape index (κ2) is 3.25. The van der Waals surface area contributed by atoms with Crippen molar-refractivity contribution in [3.63, 3.8) is 0 Å². The predicted octanol–water partition coefficient (Wildman–Crippen LogP) is 0.581. The highest BCUT2D eigenvalue weighted by Crippen LogP contribution is 2.27. The molecule has 0 radical (unpaired) electrons. The fraction of sp³-hybridized carbons (Fsp3) is 0. The third-order valence-electron chi connectivity index (χ3n) is 1.75. The van der Waals surface area contributed by atoms with Gasteiger partial charge in [-0.25, -0.2) is 0 Å². The third kappa shape index (κ3) is 1.47. The average molecular weight is 248 g/mol. The van der Waals surface area contributed by atoms with Gasteiger partial charge in [-0.2, -0.15) is 9.71 Å². The van der Waals surface area contributed by atoms with E-state index in [1.54, 1.807) is 0 Å². The van der Waals surface area contributed by atoms with Gasteiger partial charge in [-0.15, -0.1) is 0 Å². The SMILES string of the molecule is O=c1nc2n(O)c(Cl)c(Cl)cc-2[nH]c1=O. The van der Waals surface area contributed by atoms with Crippen LogP contribution in [0, 0.1) is 0 Å². The number of fused-ring (bicyclic) bond motifs is 1. The largest absolute Gasteiger partial charge is 0.425 e. The van der Waals surface area contributed by atoms with Crippen LogP contribution in [0.1, 0.15) is 0 Å². The number of nitrogens with one attached hydrogen (secondary N) is 1. The van der Waals surface area contributed by atoms with E-state index in [4.69, 9.17) is 23.2 Å². The maximum atomic E-state index is 10.9. The zero-order chi connectivity index (χ0) is 11.2. The Morgan fingerprint density at radius 1 is 1.40 bits per heavy atom. The smallest absolute Gasteiger partial charge is 0.337 e. The molecule has 0 aliphatic carbocycles. The standard InChI is InChI=1S/C7H3Cl2N3O3/c8-2-1-3-5(12(15)4(2)9)11-7(14)6(13)10-3/h1,15H,(H,10,13). The van der Waals surface area contributed by atoms with Crippen LogP contribution < -0.4 is 11.1 Å². The number of hydrogen-bond acceptors (Lipinski definition) is 4. The summed E-state index contributed by atoms with van der Waals surface area (Å²) in [5.74, 6) is -0.158. The van der Waals surface area contributed by atoms with Gasteiger partial charge in [-0.05, 0) is 6.07 Å². The van der Waals surface area contributed by atoms with Gasteiger partial charge in [0.05, 0.1) is 10.7 Å². The zero-order valence-electron chi connectivity index (χ0n) is 6.99. The number of rotatable bonds is 0. The molecule has 78 valence electrons. The Hall–Kier alpha value is -1.53. The van der Waals surface area contributed by atoms with Gasteiger partial charge in [0.1, 0.15) is 0 Å². The molecule has 2 aliphatic rings. The second-order valence-electron chi connectivity index (χ2n) is 2.70. The Balaban J connectivity index is 3.00. The average Bonchev–Trinajstić information content (AvgIpc) is 2.19. The van der Waals surface area contributed by atoms with Crippen LogP contribution >= 0.6 is 23.2 Å². The van der Waals surface area contributed by atoms with Gasteiger partial charge in [0.15, 0.2) is 11.0 Å². The number of H-pyrrole nitrogens is 1. The molecule has 0 fully saturated rings. The molecule has 0 saturated carbocycles. The molecule has 0 aromatic carbocycles. The van der Waals surface area contributed by atoms with Crippen molar-refractivity contribution >= 4 is 23.2 Å². The minimum atomic E-state index is -1.01. The molecule has 0 atom stereocenters. The first-order valence-electron chi connectivity index (χ1n) is 3.71. The lowest BCUT2D eigenvalue weighted by Crippen LogP contribution is -2.32. The van der Waals surface area contributed by atoms with Crippen molar-refractivity contribution in [3.8, 4) is 11.5 Å². The zero-order valence-corrected chi connectivity index (χ0v) is 8.50. The lowest BCUT2D eigenvalue weighted by molar-refractivity contribution is 0.186. The normalized spacial score (nSPS) is 10.8. The predicted molar refractivity (Wildman–Crippen MR) is 52.9 cm³/mol. The van der Waals surface area contributed by atoms with Crippen molar-refractivity contribution in [2.45, 2.75) is 0 Å². The van der Waals surface area contributed by atoms with Crippen LogP contribution in [0.4, 0.5) is 0 Å². The van der Waals surface area contributed by atoms with Gasteiger partial charge in [0.25, 0.3) is 0 Å².